The lowest BCUT2D eigenvalue weighted by Gasteiger charge is -2.34. The third-order valence-corrected chi connectivity index (χ3v) is 4.76. The summed E-state index contributed by atoms with van der Waals surface area (Å²) in [5, 5.41) is 0. The molecule has 1 aromatic rings. The largest absolute Gasteiger partial charge is 0.338 e. The molecule has 21 heavy (non-hydrogen) atoms. The molecule has 2 saturated heterocycles. The van der Waals surface area contributed by atoms with Crippen LogP contribution < -0.4 is 0 Å². The molecule has 2 aliphatic rings. The number of hydrogen-bond donors (Lipinski definition) is 0. The Morgan fingerprint density at radius 3 is 2.67 bits per heavy atom. The zero-order valence-electron chi connectivity index (χ0n) is 13.0. The van der Waals surface area contributed by atoms with Crippen LogP contribution in [0.15, 0.2) is 12.4 Å². The van der Waals surface area contributed by atoms with Crippen molar-refractivity contribution in [3.8, 4) is 0 Å². The van der Waals surface area contributed by atoms with Crippen LogP contribution in [0, 0.1) is 6.92 Å². The van der Waals surface area contributed by atoms with Gasteiger partial charge in [0.25, 0.3) is 0 Å². The maximum atomic E-state index is 11.8. The molecular formula is C16H24N4O. The molecule has 3 heterocycles. The first-order valence-electron chi connectivity index (χ1n) is 7.94. The number of hydrogen-bond acceptors (Lipinski definition) is 4. The van der Waals surface area contributed by atoms with Crippen molar-refractivity contribution in [3.05, 3.63) is 23.8 Å². The third-order valence-electron chi connectivity index (χ3n) is 4.76. The maximum absolute atomic E-state index is 11.8. The third kappa shape index (κ3) is 3.07. The zero-order chi connectivity index (χ0) is 14.8. The monoisotopic (exact) mass is 288 g/mol. The van der Waals surface area contributed by atoms with Crippen LogP contribution in [0.5, 0.6) is 0 Å². The van der Waals surface area contributed by atoms with Crippen molar-refractivity contribution in [2.45, 2.75) is 58.2 Å². The van der Waals surface area contributed by atoms with E-state index >= 15 is 0 Å². The summed E-state index contributed by atoms with van der Waals surface area (Å²) in [6.45, 7) is 6.53. The molecule has 1 amide bonds. The van der Waals surface area contributed by atoms with E-state index < -0.39 is 0 Å². The Bertz CT molecular complexity index is 502. The Morgan fingerprint density at radius 2 is 1.95 bits per heavy atom. The summed E-state index contributed by atoms with van der Waals surface area (Å²) in [6.07, 6.45) is 8.39. The molecule has 0 saturated carbocycles. The molecule has 5 heteroatoms. The van der Waals surface area contributed by atoms with E-state index in [1.54, 1.807) is 6.92 Å². The SMILES string of the molecule is CC(=O)N1CCC[C@H]1[C@@H]1CCCN1Cc1cnc(C)cn1. The van der Waals surface area contributed by atoms with E-state index in [-0.39, 0.29) is 5.91 Å². The molecule has 0 spiro atoms. The molecule has 0 aromatic carbocycles. The number of carbonyl (C=O) groups is 1. The molecule has 2 aliphatic heterocycles. The molecule has 2 atom stereocenters. The first-order valence-corrected chi connectivity index (χ1v) is 7.94. The van der Waals surface area contributed by atoms with Gasteiger partial charge in [-0.25, -0.2) is 0 Å². The van der Waals surface area contributed by atoms with Gasteiger partial charge in [-0.1, -0.05) is 0 Å². The van der Waals surface area contributed by atoms with Crippen LogP contribution in [-0.2, 0) is 11.3 Å². The fraction of sp³-hybridized carbons (Fsp3) is 0.688. The molecule has 0 bridgehead atoms. The van der Waals surface area contributed by atoms with E-state index in [9.17, 15) is 4.79 Å². The van der Waals surface area contributed by atoms with E-state index in [1.807, 2.05) is 19.3 Å². The second-order valence-electron chi connectivity index (χ2n) is 6.25. The molecule has 2 fully saturated rings. The van der Waals surface area contributed by atoms with Crippen molar-refractivity contribution in [3.63, 3.8) is 0 Å². The van der Waals surface area contributed by atoms with Crippen LogP contribution >= 0.6 is 0 Å². The predicted octanol–water partition coefficient (Wildman–Crippen LogP) is 1.76. The van der Waals surface area contributed by atoms with Crippen LogP contribution in [0.1, 0.15) is 44.0 Å². The summed E-state index contributed by atoms with van der Waals surface area (Å²) < 4.78 is 0. The van der Waals surface area contributed by atoms with Gasteiger partial charge in [0.15, 0.2) is 0 Å². The Labute approximate surface area is 126 Å². The quantitative estimate of drug-likeness (QED) is 0.850. The standard InChI is InChI=1S/C16H24N4O/c1-12-9-18-14(10-17-12)11-19-7-3-5-15(19)16-6-4-8-20(16)13(2)21/h9-10,15-16H,3-8,11H2,1-2H3/t15-,16-/m0/s1. The maximum Gasteiger partial charge on any atom is 0.219 e. The van der Waals surface area contributed by atoms with Gasteiger partial charge < -0.3 is 4.90 Å². The number of aromatic nitrogens is 2. The molecule has 114 valence electrons. The normalized spacial score (nSPS) is 26.5. The van der Waals surface area contributed by atoms with E-state index in [4.69, 9.17) is 0 Å². The zero-order valence-corrected chi connectivity index (χ0v) is 13.0. The van der Waals surface area contributed by atoms with Gasteiger partial charge in [-0.05, 0) is 39.2 Å². The topological polar surface area (TPSA) is 49.3 Å². The number of carbonyl (C=O) groups excluding carboxylic acids is 1. The van der Waals surface area contributed by atoms with Gasteiger partial charge in [0, 0.05) is 44.5 Å². The first-order chi connectivity index (χ1) is 10.1. The van der Waals surface area contributed by atoms with Crippen molar-refractivity contribution >= 4 is 5.91 Å². The van der Waals surface area contributed by atoms with E-state index in [2.05, 4.69) is 19.8 Å². The predicted molar refractivity (Wildman–Crippen MR) is 80.6 cm³/mol. The lowest BCUT2D eigenvalue weighted by Crippen LogP contribution is -2.47. The summed E-state index contributed by atoms with van der Waals surface area (Å²) in [5.74, 6) is 0.222. The van der Waals surface area contributed by atoms with Gasteiger partial charge in [0.1, 0.15) is 0 Å². The van der Waals surface area contributed by atoms with E-state index in [0.717, 1.165) is 43.9 Å². The number of aryl methyl sites for hydroxylation is 1. The highest BCUT2D eigenvalue weighted by Gasteiger charge is 2.38. The Hall–Kier alpha value is -1.49. The van der Waals surface area contributed by atoms with Crippen LogP contribution in [-0.4, -0.2) is 50.8 Å². The number of nitrogens with zero attached hydrogens (tertiary/aromatic N) is 4. The second kappa shape index (κ2) is 6.10. The number of rotatable bonds is 3. The van der Waals surface area contributed by atoms with Crippen molar-refractivity contribution < 1.29 is 4.79 Å². The van der Waals surface area contributed by atoms with Crippen molar-refractivity contribution in [1.82, 2.24) is 19.8 Å². The fourth-order valence-electron chi connectivity index (χ4n) is 3.78. The summed E-state index contributed by atoms with van der Waals surface area (Å²) in [7, 11) is 0. The minimum absolute atomic E-state index is 0.222. The average Bonchev–Trinajstić information content (AvgIpc) is 3.09. The molecule has 5 nitrogen and oxygen atoms in total. The molecular weight excluding hydrogens is 264 g/mol. The lowest BCUT2D eigenvalue weighted by atomic mass is 10.0. The fourth-order valence-corrected chi connectivity index (χ4v) is 3.78. The van der Waals surface area contributed by atoms with Gasteiger partial charge in [-0.2, -0.15) is 0 Å². The molecule has 3 rings (SSSR count). The van der Waals surface area contributed by atoms with Crippen molar-refractivity contribution in [2.75, 3.05) is 13.1 Å². The molecule has 0 unspecified atom stereocenters. The van der Waals surface area contributed by atoms with Crippen LogP contribution in [0.4, 0.5) is 0 Å². The summed E-state index contributed by atoms with van der Waals surface area (Å²) in [6, 6.07) is 0.878. The van der Waals surface area contributed by atoms with Gasteiger partial charge in [-0.15, -0.1) is 0 Å². The van der Waals surface area contributed by atoms with Gasteiger partial charge >= 0.3 is 0 Å². The first kappa shape index (κ1) is 14.4. The van der Waals surface area contributed by atoms with E-state index in [1.165, 1.54) is 12.8 Å². The van der Waals surface area contributed by atoms with Crippen LogP contribution in [0.2, 0.25) is 0 Å². The highest BCUT2D eigenvalue weighted by atomic mass is 16.2. The molecule has 0 radical (unpaired) electrons. The molecule has 0 aliphatic carbocycles. The summed E-state index contributed by atoms with van der Waals surface area (Å²) in [4.78, 5) is 25.2. The Kier molecular flexibility index (Phi) is 4.19. The van der Waals surface area contributed by atoms with Crippen molar-refractivity contribution in [2.24, 2.45) is 0 Å². The Morgan fingerprint density at radius 1 is 1.19 bits per heavy atom. The minimum Gasteiger partial charge on any atom is -0.338 e. The van der Waals surface area contributed by atoms with Crippen LogP contribution in [0.3, 0.4) is 0 Å². The number of likely N-dealkylation sites (tertiary alicyclic amines) is 2. The van der Waals surface area contributed by atoms with Crippen molar-refractivity contribution in [1.29, 1.82) is 0 Å². The van der Waals surface area contributed by atoms with E-state index in [0.29, 0.717) is 12.1 Å². The second-order valence-corrected chi connectivity index (χ2v) is 6.25. The van der Waals surface area contributed by atoms with Gasteiger partial charge in [-0.3, -0.25) is 19.7 Å². The average molecular weight is 288 g/mol. The highest BCUT2D eigenvalue weighted by Crippen LogP contribution is 2.30. The van der Waals surface area contributed by atoms with Gasteiger partial charge in [0.05, 0.1) is 11.4 Å². The molecule has 0 N–H and O–H groups in total. The minimum atomic E-state index is 0.222. The van der Waals surface area contributed by atoms with Crippen LogP contribution in [0.25, 0.3) is 0 Å². The van der Waals surface area contributed by atoms with Gasteiger partial charge in [0.2, 0.25) is 5.91 Å². The Balaban J connectivity index is 1.70. The highest BCUT2D eigenvalue weighted by molar-refractivity contribution is 5.74. The molecule has 1 aromatic heterocycles. The lowest BCUT2D eigenvalue weighted by molar-refractivity contribution is -0.130. The number of amides is 1. The summed E-state index contributed by atoms with van der Waals surface area (Å²) >= 11 is 0. The smallest absolute Gasteiger partial charge is 0.219 e. The summed E-state index contributed by atoms with van der Waals surface area (Å²) in [5.41, 5.74) is 1.98.